The van der Waals surface area contributed by atoms with Crippen LogP contribution in [0.3, 0.4) is 0 Å². The molecule has 1 aromatic heterocycles. The lowest BCUT2D eigenvalue weighted by atomic mass is 10.1. The zero-order chi connectivity index (χ0) is 13.1. The predicted molar refractivity (Wildman–Crippen MR) is 78.3 cm³/mol. The number of aromatic nitrogens is 1. The first kappa shape index (κ1) is 13.2. The number of benzene rings is 1. The van der Waals surface area contributed by atoms with Crippen molar-refractivity contribution in [3.8, 4) is 0 Å². The van der Waals surface area contributed by atoms with E-state index >= 15 is 0 Å². The highest BCUT2D eigenvalue weighted by Gasteiger charge is 2.17. The summed E-state index contributed by atoms with van der Waals surface area (Å²) in [4.78, 5) is 6.10. The molecular formula is C15H20N2S. The molecule has 1 N–H and O–H groups in total. The molecule has 0 aliphatic rings. The SMILES string of the molecule is CCc1nc(C(NC)c2cccc(C)c2)sc1C. The van der Waals surface area contributed by atoms with Crippen LogP contribution >= 0.6 is 11.3 Å². The summed E-state index contributed by atoms with van der Waals surface area (Å²) in [6.45, 7) is 6.44. The van der Waals surface area contributed by atoms with Gasteiger partial charge in [-0.25, -0.2) is 4.98 Å². The highest BCUT2D eigenvalue weighted by atomic mass is 32.1. The van der Waals surface area contributed by atoms with Crippen LogP contribution in [0.4, 0.5) is 0 Å². The van der Waals surface area contributed by atoms with Crippen molar-refractivity contribution >= 4 is 11.3 Å². The summed E-state index contributed by atoms with van der Waals surface area (Å²) in [7, 11) is 2.00. The Morgan fingerprint density at radius 3 is 2.67 bits per heavy atom. The van der Waals surface area contributed by atoms with Crippen LogP contribution in [0.25, 0.3) is 0 Å². The molecular weight excluding hydrogens is 240 g/mol. The maximum absolute atomic E-state index is 4.76. The lowest BCUT2D eigenvalue weighted by Gasteiger charge is -2.14. The van der Waals surface area contributed by atoms with E-state index in [0.717, 1.165) is 11.4 Å². The largest absolute Gasteiger partial charge is 0.307 e. The number of thiazole rings is 1. The first-order valence-electron chi connectivity index (χ1n) is 6.35. The Balaban J connectivity index is 2.38. The molecule has 3 heteroatoms. The quantitative estimate of drug-likeness (QED) is 0.908. The molecule has 2 aromatic rings. The van der Waals surface area contributed by atoms with Crippen molar-refractivity contribution in [1.82, 2.24) is 10.3 Å². The summed E-state index contributed by atoms with van der Waals surface area (Å²) in [5.41, 5.74) is 3.80. The zero-order valence-corrected chi connectivity index (χ0v) is 12.3. The lowest BCUT2D eigenvalue weighted by molar-refractivity contribution is 0.683. The number of nitrogens with zero attached hydrogens (tertiary/aromatic N) is 1. The van der Waals surface area contributed by atoms with Crippen LogP contribution in [0.1, 0.15) is 39.7 Å². The Kier molecular flexibility index (Phi) is 4.15. The fraction of sp³-hybridized carbons (Fsp3) is 0.400. The molecule has 0 bridgehead atoms. The highest BCUT2D eigenvalue weighted by molar-refractivity contribution is 7.11. The first-order chi connectivity index (χ1) is 8.65. The molecule has 1 atom stereocenters. The molecule has 2 rings (SSSR count). The van der Waals surface area contributed by atoms with Gasteiger partial charge in [-0.3, -0.25) is 0 Å². The molecule has 96 valence electrons. The number of aryl methyl sites for hydroxylation is 3. The van der Waals surface area contributed by atoms with Crippen molar-refractivity contribution in [1.29, 1.82) is 0 Å². The molecule has 0 fully saturated rings. The van der Waals surface area contributed by atoms with Gasteiger partial charge in [-0.1, -0.05) is 36.8 Å². The number of rotatable bonds is 4. The topological polar surface area (TPSA) is 24.9 Å². The molecule has 0 radical (unpaired) electrons. The second-order valence-electron chi connectivity index (χ2n) is 4.54. The van der Waals surface area contributed by atoms with E-state index in [4.69, 9.17) is 4.98 Å². The van der Waals surface area contributed by atoms with Gasteiger partial charge >= 0.3 is 0 Å². The van der Waals surface area contributed by atoms with Gasteiger partial charge in [0.2, 0.25) is 0 Å². The van der Waals surface area contributed by atoms with Crippen molar-refractivity contribution in [3.05, 3.63) is 51.0 Å². The molecule has 18 heavy (non-hydrogen) atoms. The van der Waals surface area contributed by atoms with Gasteiger partial charge in [0, 0.05) is 4.88 Å². The molecule has 0 aliphatic carbocycles. The second kappa shape index (κ2) is 5.63. The molecule has 2 nitrogen and oxygen atoms in total. The molecule has 0 saturated heterocycles. The first-order valence-corrected chi connectivity index (χ1v) is 7.17. The third-order valence-corrected chi connectivity index (χ3v) is 4.23. The molecule has 1 heterocycles. The normalized spacial score (nSPS) is 12.7. The van der Waals surface area contributed by atoms with Crippen molar-refractivity contribution in [2.24, 2.45) is 0 Å². The van der Waals surface area contributed by atoms with Gasteiger partial charge in [-0.05, 0) is 32.9 Å². The van der Waals surface area contributed by atoms with Crippen molar-refractivity contribution < 1.29 is 0 Å². The van der Waals surface area contributed by atoms with Gasteiger partial charge in [-0.15, -0.1) is 11.3 Å². The number of hydrogen-bond donors (Lipinski definition) is 1. The lowest BCUT2D eigenvalue weighted by Crippen LogP contribution is -2.17. The Morgan fingerprint density at radius 2 is 2.11 bits per heavy atom. The van der Waals surface area contributed by atoms with Gasteiger partial charge in [0.05, 0.1) is 11.7 Å². The van der Waals surface area contributed by atoms with E-state index in [9.17, 15) is 0 Å². The molecule has 1 aromatic carbocycles. The van der Waals surface area contributed by atoms with E-state index in [0.29, 0.717) is 0 Å². The van der Waals surface area contributed by atoms with Crippen molar-refractivity contribution in [2.45, 2.75) is 33.2 Å². The van der Waals surface area contributed by atoms with E-state index < -0.39 is 0 Å². The maximum atomic E-state index is 4.76. The minimum atomic E-state index is 0.203. The third-order valence-electron chi connectivity index (χ3n) is 3.16. The molecule has 0 saturated carbocycles. The summed E-state index contributed by atoms with van der Waals surface area (Å²) in [5, 5.41) is 4.54. The van der Waals surface area contributed by atoms with Crippen molar-refractivity contribution in [3.63, 3.8) is 0 Å². The van der Waals surface area contributed by atoms with Crippen LogP contribution in [-0.2, 0) is 6.42 Å². The minimum absolute atomic E-state index is 0.203. The average molecular weight is 260 g/mol. The summed E-state index contributed by atoms with van der Waals surface area (Å²) in [6.07, 6.45) is 1.01. The molecule has 1 unspecified atom stereocenters. The molecule has 0 spiro atoms. The van der Waals surface area contributed by atoms with Gasteiger partial charge in [0.1, 0.15) is 5.01 Å². The standard InChI is InChI=1S/C15H20N2S/c1-5-13-11(3)18-15(17-13)14(16-4)12-8-6-7-10(2)9-12/h6-9,14,16H,5H2,1-4H3. The third kappa shape index (κ3) is 2.62. The predicted octanol–water partition coefficient (Wildman–Crippen LogP) is 3.63. The highest BCUT2D eigenvalue weighted by Crippen LogP contribution is 2.28. The van der Waals surface area contributed by atoms with Crippen LogP contribution in [0.15, 0.2) is 24.3 Å². The van der Waals surface area contributed by atoms with E-state index in [2.05, 4.69) is 50.4 Å². The van der Waals surface area contributed by atoms with E-state index in [-0.39, 0.29) is 6.04 Å². The average Bonchev–Trinajstić information content (AvgIpc) is 2.71. The second-order valence-corrected chi connectivity index (χ2v) is 5.78. The van der Waals surface area contributed by atoms with E-state index in [1.54, 1.807) is 11.3 Å². The Hall–Kier alpha value is -1.19. The molecule has 0 aliphatic heterocycles. The maximum Gasteiger partial charge on any atom is 0.115 e. The summed E-state index contributed by atoms with van der Waals surface area (Å²) < 4.78 is 0. The number of hydrogen-bond acceptors (Lipinski definition) is 3. The minimum Gasteiger partial charge on any atom is -0.307 e. The van der Waals surface area contributed by atoms with Crippen molar-refractivity contribution in [2.75, 3.05) is 7.05 Å². The van der Waals surface area contributed by atoms with Crippen LogP contribution in [0.5, 0.6) is 0 Å². The van der Waals surface area contributed by atoms with Gasteiger partial charge in [-0.2, -0.15) is 0 Å². The fourth-order valence-electron chi connectivity index (χ4n) is 2.18. The summed E-state index contributed by atoms with van der Waals surface area (Å²) in [5.74, 6) is 0. The van der Waals surface area contributed by atoms with E-state index in [1.165, 1.54) is 21.7 Å². The Bertz CT molecular complexity index is 531. The smallest absolute Gasteiger partial charge is 0.115 e. The van der Waals surface area contributed by atoms with Gasteiger partial charge < -0.3 is 5.32 Å². The van der Waals surface area contributed by atoms with Gasteiger partial charge in [0.25, 0.3) is 0 Å². The van der Waals surface area contributed by atoms with Crippen LogP contribution in [0, 0.1) is 13.8 Å². The van der Waals surface area contributed by atoms with Crippen LogP contribution in [0.2, 0.25) is 0 Å². The summed E-state index contributed by atoms with van der Waals surface area (Å²) >= 11 is 1.80. The summed E-state index contributed by atoms with van der Waals surface area (Å²) in [6, 6.07) is 8.82. The van der Waals surface area contributed by atoms with Crippen LogP contribution < -0.4 is 5.32 Å². The monoisotopic (exact) mass is 260 g/mol. The van der Waals surface area contributed by atoms with Crippen LogP contribution in [-0.4, -0.2) is 12.0 Å². The zero-order valence-electron chi connectivity index (χ0n) is 11.4. The number of nitrogens with one attached hydrogen (secondary N) is 1. The van der Waals surface area contributed by atoms with E-state index in [1.807, 2.05) is 7.05 Å². The Labute approximate surface area is 113 Å². The molecule has 0 amide bonds. The fourth-order valence-corrected chi connectivity index (χ4v) is 3.33. The van der Waals surface area contributed by atoms with Gasteiger partial charge in [0.15, 0.2) is 0 Å². The Morgan fingerprint density at radius 1 is 1.33 bits per heavy atom.